The van der Waals surface area contributed by atoms with Crippen molar-refractivity contribution in [3.8, 4) is 5.75 Å². The van der Waals surface area contributed by atoms with Gasteiger partial charge in [0.2, 0.25) is 0 Å². The quantitative estimate of drug-likeness (QED) is 0.279. The molecule has 3 rings (SSSR count). The van der Waals surface area contributed by atoms with Crippen molar-refractivity contribution in [3.05, 3.63) is 76.6 Å². The highest BCUT2D eigenvalue weighted by atomic mass is 16.6. The topological polar surface area (TPSA) is 75.5 Å². The fraction of sp³-hybridized carbons (Fsp3) is 0.500. The molecule has 0 saturated heterocycles. The summed E-state index contributed by atoms with van der Waals surface area (Å²) in [6, 6.07) is 14.3. The van der Waals surface area contributed by atoms with Crippen molar-refractivity contribution < 1.29 is 19.0 Å². The number of aryl methyl sites for hydroxylation is 3. The minimum atomic E-state index is -0.534. The van der Waals surface area contributed by atoms with Gasteiger partial charge in [0, 0.05) is 12.7 Å². The molecule has 0 saturated carbocycles. The van der Waals surface area contributed by atoms with Crippen LogP contribution >= 0.6 is 0 Å². The molecule has 0 aliphatic heterocycles. The van der Waals surface area contributed by atoms with E-state index in [1.54, 1.807) is 7.11 Å². The molecule has 0 N–H and O–H groups in total. The highest BCUT2D eigenvalue weighted by Crippen LogP contribution is 2.33. The molecule has 0 bridgehead atoms. The molecule has 0 spiro atoms. The Morgan fingerprint density at radius 1 is 1.08 bits per heavy atom. The first-order valence-electron chi connectivity index (χ1n) is 13.0. The molecule has 200 valence electrons. The first-order valence-corrected chi connectivity index (χ1v) is 13.0. The van der Waals surface area contributed by atoms with Gasteiger partial charge >= 0.3 is 5.97 Å². The molecule has 3 aromatic rings. The molecule has 2 aromatic carbocycles. The van der Waals surface area contributed by atoms with Crippen LogP contribution in [0.3, 0.4) is 0 Å². The first-order chi connectivity index (χ1) is 17.6. The lowest BCUT2D eigenvalue weighted by Crippen LogP contribution is -2.30. The highest BCUT2D eigenvalue weighted by molar-refractivity contribution is 5.73. The Bertz CT molecular complexity index is 1150. The molecule has 0 aliphatic carbocycles. The van der Waals surface area contributed by atoms with Gasteiger partial charge in [0.1, 0.15) is 11.4 Å². The van der Waals surface area contributed by atoms with E-state index in [1.807, 2.05) is 69.8 Å². The Morgan fingerprint density at radius 3 is 2.43 bits per heavy atom. The molecular weight excluding hydrogens is 466 g/mol. The number of carbonyl (C=O) groups is 1. The smallest absolute Gasteiger partial charge is 0.309 e. The zero-order valence-electron chi connectivity index (χ0n) is 23.3. The van der Waals surface area contributed by atoms with Crippen molar-refractivity contribution in [2.75, 3.05) is 7.11 Å². The van der Waals surface area contributed by atoms with E-state index in [4.69, 9.17) is 14.2 Å². The lowest BCUT2D eigenvalue weighted by atomic mass is 9.82. The summed E-state index contributed by atoms with van der Waals surface area (Å²) in [6.45, 7) is 13.6. The van der Waals surface area contributed by atoms with Gasteiger partial charge < -0.3 is 14.2 Å². The van der Waals surface area contributed by atoms with Crippen molar-refractivity contribution in [2.45, 2.75) is 85.7 Å². The lowest BCUT2D eigenvalue weighted by Gasteiger charge is -2.28. The van der Waals surface area contributed by atoms with Crippen LogP contribution in [0, 0.1) is 12.8 Å². The van der Waals surface area contributed by atoms with E-state index >= 15 is 0 Å². The number of hydrogen-bond acceptors (Lipinski definition) is 6. The van der Waals surface area contributed by atoms with Gasteiger partial charge in [-0.25, -0.2) is 0 Å². The molecule has 7 nitrogen and oxygen atoms in total. The standard InChI is InChI=1S/C30H41N3O4/c1-8-33-18-26(31-32-33)13-16-28(22(3)29(34)37-30(4,5)6)24-12-9-21(2)25(17-24)20-36-19-23-10-14-27(35-7)15-11-23/h9-12,14-15,17-18,22,28H,8,13,16,19-20H2,1-7H3. The second-order valence-electron chi connectivity index (χ2n) is 10.6. The van der Waals surface area contributed by atoms with Gasteiger partial charge in [-0.05, 0) is 87.8 Å². The molecule has 0 fully saturated rings. The summed E-state index contributed by atoms with van der Waals surface area (Å²) in [7, 11) is 1.66. The van der Waals surface area contributed by atoms with Gasteiger partial charge in [-0.1, -0.05) is 42.5 Å². The third-order valence-electron chi connectivity index (χ3n) is 6.49. The predicted molar refractivity (Wildman–Crippen MR) is 144 cm³/mol. The Hall–Kier alpha value is -3.19. The van der Waals surface area contributed by atoms with E-state index < -0.39 is 5.60 Å². The van der Waals surface area contributed by atoms with Crippen molar-refractivity contribution in [1.82, 2.24) is 15.0 Å². The first kappa shape index (κ1) is 28.4. The van der Waals surface area contributed by atoms with Crippen molar-refractivity contribution in [2.24, 2.45) is 5.92 Å². The summed E-state index contributed by atoms with van der Waals surface area (Å²) < 4.78 is 18.9. The zero-order valence-corrected chi connectivity index (χ0v) is 23.3. The molecule has 0 aliphatic rings. The molecule has 2 atom stereocenters. The van der Waals surface area contributed by atoms with Crippen LogP contribution in [-0.2, 0) is 40.4 Å². The SMILES string of the molecule is CCn1cc(CCC(c2ccc(C)c(COCc3ccc(OC)cc3)c2)C(C)C(=O)OC(C)(C)C)nn1. The van der Waals surface area contributed by atoms with Gasteiger partial charge in [-0.15, -0.1) is 5.10 Å². The number of rotatable bonds is 12. The average Bonchev–Trinajstić information content (AvgIpc) is 3.33. The maximum atomic E-state index is 13.1. The Balaban J connectivity index is 1.77. The Kier molecular flexibility index (Phi) is 9.86. The van der Waals surface area contributed by atoms with Crippen LogP contribution in [0.4, 0.5) is 0 Å². The predicted octanol–water partition coefficient (Wildman–Crippen LogP) is 6.03. The summed E-state index contributed by atoms with van der Waals surface area (Å²) >= 11 is 0. The maximum Gasteiger partial charge on any atom is 0.309 e. The minimum absolute atomic E-state index is 0.0254. The average molecular weight is 508 g/mol. The van der Waals surface area contributed by atoms with E-state index in [0.29, 0.717) is 13.2 Å². The van der Waals surface area contributed by atoms with Crippen LogP contribution in [-0.4, -0.2) is 33.7 Å². The number of benzene rings is 2. The van der Waals surface area contributed by atoms with E-state index in [1.165, 1.54) is 0 Å². The number of ether oxygens (including phenoxy) is 3. The molecule has 0 radical (unpaired) electrons. The number of methoxy groups -OCH3 is 1. The van der Waals surface area contributed by atoms with Crippen molar-refractivity contribution in [1.29, 1.82) is 0 Å². The second-order valence-corrected chi connectivity index (χ2v) is 10.6. The summed E-state index contributed by atoms with van der Waals surface area (Å²) in [4.78, 5) is 13.1. The molecule has 0 amide bonds. The largest absolute Gasteiger partial charge is 0.497 e. The summed E-state index contributed by atoms with van der Waals surface area (Å²) in [5, 5.41) is 8.46. The molecular formula is C30H41N3O4. The lowest BCUT2D eigenvalue weighted by molar-refractivity contribution is -0.160. The molecule has 2 unspecified atom stereocenters. The van der Waals surface area contributed by atoms with E-state index in [9.17, 15) is 4.79 Å². The molecule has 1 aromatic heterocycles. The number of esters is 1. The van der Waals surface area contributed by atoms with Gasteiger partial charge in [-0.3, -0.25) is 9.48 Å². The fourth-order valence-corrected chi connectivity index (χ4v) is 4.25. The minimum Gasteiger partial charge on any atom is -0.497 e. The van der Waals surface area contributed by atoms with Gasteiger partial charge in [0.15, 0.2) is 0 Å². The van der Waals surface area contributed by atoms with Crippen LogP contribution in [0.1, 0.15) is 74.9 Å². The number of nitrogens with zero attached hydrogens (tertiary/aromatic N) is 3. The monoisotopic (exact) mass is 507 g/mol. The van der Waals surface area contributed by atoms with Crippen LogP contribution in [0.5, 0.6) is 5.75 Å². The van der Waals surface area contributed by atoms with Crippen LogP contribution < -0.4 is 4.74 Å². The van der Waals surface area contributed by atoms with Crippen molar-refractivity contribution >= 4 is 5.97 Å². The highest BCUT2D eigenvalue weighted by Gasteiger charge is 2.30. The summed E-state index contributed by atoms with van der Waals surface area (Å²) in [5.74, 6) is 0.307. The van der Waals surface area contributed by atoms with Crippen LogP contribution in [0.2, 0.25) is 0 Å². The molecule has 37 heavy (non-hydrogen) atoms. The Morgan fingerprint density at radius 2 is 1.81 bits per heavy atom. The molecule has 1 heterocycles. The number of carbonyl (C=O) groups excluding carboxylic acids is 1. The summed E-state index contributed by atoms with van der Waals surface area (Å²) in [6.07, 6.45) is 3.47. The normalized spacial score (nSPS) is 13.3. The van der Waals surface area contributed by atoms with Crippen molar-refractivity contribution in [3.63, 3.8) is 0 Å². The van der Waals surface area contributed by atoms with Gasteiger partial charge in [-0.2, -0.15) is 0 Å². The second kappa shape index (κ2) is 12.9. The molecule has 7 heteroatoms. The number of hydrogen-bond donors (Lipinski definition) is 0. The Labute approximate surface area is 221 Å². The van der Waals surface area contributed by atoms with E-state index in [0.717, 1.165) is 53.1 Å². The third kappa shape index (κ3) is 8.42. The van der Waals surface area contributed by atoms with Gasteiger partial charge in [0.05, 0.1) is 31.9 Å². The zero-order chi connectivity index (χ0) is 27.0. The fourth-order valence-electron chi connectivity index (χ4n) is 4.25. The third-order valence-corrected chi connectivity index (χ3v) is 6.49. The van der Waals surface area contributed by atoms with Gasteiger partial charge in [0.25, 0.3) is 0 Å². The van der Waals surface area contributed by atoms with Crippen LogP contribution in [0.15, 0.2) is 48.7 Å². The van der Waals surface area contributed by atoms with Crippen LogP contribution in [0.25, 0.3) is 0 Å². The number of aromatic nitrogens is 3. The van der Waals surface area contributed by atoms with E-state index in [-0.39, 0.29) is 17.8 Å². The van der Waals surface area contributed by atoms with E-state index in [2.05, 4.69) is 35.4 Å². The maximum absolute atomic E-state index is 13.1. The summed E-state index contributed by atoms with van der Waals surface area (Å²) in [5.41, 5.74) is 4.87.